The molecule has 1 aromatic rings. The summed E-state index contributed by atoms with van der Waals surface area (Å²) in [4.78, 5) is 11.1. The van der Waals surface area contributed by atoms with Crippen molar-refractivity contribution in [2.75, 3.05) is 10.6 Å². The molecule has 0 heterocycles. The van der Waals surface area contributed by atoms with Crippen LogP contribution in [-0.4, -0.2) is 36.4 Å². The molecular formula is C12H7F11N2O. The minimum Gasteiger partial charge on any atom is -0.365 e. The zero-order chi connectivity index (χ0) is 20.6. The van der Waals surface area contributed by atoms with Crippen LogP contribution in [0, 0.1) is 0 Å². The van der Waals surface area contributed by atoms with Crippen LogP contribution in [0.4, 0.5) is 59.7 Å². The first-order chi connectivity index (χ1) is 11.5. The van der Waals surface area contributed by atoms with Crippen molar-refractivity contribution in [3.8, 4) is 0 Å². The molecule has 148 valence electrons. The van der Waals surface area contributed by atoms with Crippen LogP contribution in [-0.2, 0) is 4.79 Å². The average Bonchev–Trinajstić information content (AvgIpc) is 2.42. The molecule has 0 radical (unpaired) electrons. The molecule has 0 aliphatic rings. The maximum absolute atomic E-state index is 12.9. The summed E-state index contributed by atoms with van der Waals surface area (Å²) in [6, 6.07) is -1.36. The van der Waals surface area contributed by atoms with Crippen molar-refractivity contribution in [3.63, 3.8) is 0 Å². The molecule has 1 rings (SSSR count). The second-order valence-electron chi connectivity index (χ2n) is 4.73. The first kappa shape index (κ1) is 21.8. The van der Waals surface area contributed by atoms with Gasteiger partial charge in [0, 0.05) is 0 Å². The van der Waals surface area contributed by atoms with Gasteiger partial charge in [0.05, 0.1) is 11.4 Å². The molecule has 0 saturated heterocycles. The molecule has 2 N–H and O–H groups in total. The highest BCUT2D eigenvalue weighted by Crippen LogP contribution is 2.39. The predicted molar refractivity (Wildman–Crippen MR) is 65.6 cm³/mol. The molecule has 14 heteroatoms. The second kappa shape index (κ2) is 6.79. The summed E-state index contributed by atoms with van der Waals surface area (Å²) in [6.07, 6.45) is -18.1. The lowest BCUT2D eigenvalue weighted by Gasteiger charge is -2.26. The highest BCUT2D eigenvalue weighted by atomic mass is 19.4. The van der Waals surface area contributed by atoms with Gasteiger partial charge in [0.25, 0.3) is 0 Å². The fraction of sp³-hybridized carbons (Fsp3) is 0.417. The minimum absolute atomic E-state index is 0.520. The summed E-state index contributed by atoms with van der Waals surface area (Å²) in [7, 11) is 0. The van der Waals surface area contributed by atoms with Crippen molar-refractivity contribution in [1.82, 2.24) is 0 Å². The van der Waals surface area contributed by atoms with E-state index in [-0.39, 0.29) is 0 Å². The van der Waals surface area contributed by atoms with Crippen molar-refractivity contribution >= 4 is 17.3 Å². The van der Waals surface area contributed by atoms with Crippen LogP contribution in [0.3, 0.4) is 0 Å². The van der Waals surface area contributed by atoms with E-state index in [1.54, 1.807) is 0 Å². The molecule has 0 fully saturated rings. The Kier molecular flexibility index (Phi) is 5.69. The van der Waals surface area contributed by atoms with E-state index < -0.39 is 47.8 Å². The van der Waals surface area contributed by atoms with Crippen LogP contribution in [0.2, 0.25) is 0 Å². The van der Waals surface area contributed by atoms with Crippen molar-refractivity contribution in [3.05, 3.63) is 24.3 Å². The largest absolute Gasteiger partial charge is 0.463 e. The molecule has 0 aliphatic carbocycles. The molecule has 1 aromatic carbocycles. The first-order valence-electron chi connectivity index (χ1n) is 6.23. The molecular weight excluding hydrogens is 397 g/mol. The summed E-state index contributed by atoms with van der Waals surface area (Å²) in [6.45, 7) is 0. The third kappa shape index (κ3) is 4.88. The number of anilines is 2. The normalized spacial score (nSPS) is 13.7. The molecule has 0 saturated carbocycles. The van der Waals surface area contributed by atoms with Crippen molar-refractivity contribution < 1.29 is 53.1 Å². The second-order valence-corrected chi connectivity index (χ2v) is 4.73. The number of alkyl halides is 11. The number of hydrogen-bond acceptors (Lipinski definition) is 2. The van der Waals surface area contributed by atoms with Gasteiger partial charge in [-0.1, -0.05) is 12.1 Å². The Morgan fingerprint density at radius 2 is 1.19 bits per heavy atom. The Labute approximate surface area is 137 Å². The maximum atomic E-state index is 12.9. The van der Waals surface area contributed by atoms with Gasteiger partial charge in [-0.3, -0.25) is 4.79 Å². The van der Waals surface area contributed by atoms with E-state index in [0.717, 1.165) is 22.8 Å². The first-order valence-corrected chi connectivity index (χ1v) is 6.23. The fourth-order valence-corrected chi connectivity index (χ4v) is 1.55. The molecule has 0 spiro atoms. The van der Waals surface area contributed by atoms with Gasteiger partial charge >= 0.3 is 30.4 Å². The van der Waals surface area contributed by atoms with E-state index in [4.69, 9.17) is 0 Å². The lowest BCUT2D eigenvalue weighted by atomic mass is 10.2. The molecule has 3 nitrogen and oxygen atoms in total. The number of para-hydroxylation sites is 2. The zero-order valence-electron chi connectivity index (χ0n) is 12.0. The van der Waals surface area contributed by atoms with Gasteiger partial charge in [-0.05, 0) is 12.1 Å². The van der Waals surface area contributed by atoms with E-state index in [1.165, 1.54) is 0 Å². The number of halogens is 11. The zero-order valence-corrected chi connectivity index (χ0v) is 12.0. The van der Waals surface area contributed by atoms with Crippen LogP contribution < -0.4 is 10.6 Å². The van der Waals surface area contributed by atoms with E-state index >= 15 is 0 Å². The molecule has 26 heavy (non-hydrogen) atoms. The summed E-state index contributed by atoms with van der Waals surface area (Å²) in [5.41, 5.74) is -2.31. The van der Waals surface area contributed by atoms with E-state index in [9.17, 15) is 53.1 Å². The number of hydrogen-bond donors (Lipinski definition) is 2. The smallest absolute Gasteiger partial charge is 0.365 e. The van der Waals surface area contributed by atoms with Crippen LogP contribution in [0.1, 0.15) is 0 Å². The maximum Gasteiger partial charge on any atom is 0.463 e. The summed E-state index contributed by atoms with van der Waals surface area (Å²) in [5.74, 6) is -8.90. The van der Waals surface area contributed by atoms with E-state index in [0.29, 0.717) is 12.1 Å². The van der Waals surface area contributed by atoms with Crippen LogP contribution in [0.15, 0.2) is 24.3 Å². The van der Waals surface area contributed by atoms with Gasteiger partial charge in [-0.25, -0.2) is 0 Å². The van der Waals surface area contributed by atoms with Gasteiger partial charge in [0.2, 0.25) is 6.04 Å². The van der Waals surface area contributed by atoms with Crippen LogP contribution >= 0.6 is 0 Å². The van der Waals surface area contributed by atoms with Gasteiger partial charge in [0.1, 0.15) is 0 Å². The summed E-state index contributed by atoms with van der Waals surface area (Å²) >= 11 is 0. The highest BCUT2D eigenvalue weighted by Gasteiger charge is 2.63. The number of carbonyl (C=O) groups is 1. The highest BCUT2D eigenvalue weighted by molar-refractivity contribution is 5.99. The number of rotatable bonds is 4. The third-order valence-corrected chi connectivity index (χ3v) is 2.77. The number of benzene rings is 1. The van der Waals surface area contributed by atoms with E-state index in [2.05, 4.69) is 0 Å². The lowest BCUT2D eigenvalue weighted by molar-refractivity contribution is -0.267. The predicted octanol–water partition coefficient (Wildman–Crippen LogP) is 4.73. The van der Waals surface area contributed by atoms with Crippen LogP contribution in [0.25, 0.3) is 0 Å². The quantitative estimate of drug-likeness (QED) is 0.713. The van der Waals surface area contributed by atoms with Crippen LogP contribution in [0.5, 0.6) is 0 Å². The van der Waals surface area contributed by atoms with Crippen molar-refractivity contribution in [2.45, 2.75) is 30.5 Å². The van der Waals surface area contributed by atoms with Crippen molar-refractivity contribution in [2.24, 2.45) is 0 Å². The molecule has 0 bridgehead atoms. The number of carbonyl (C=O) groups excluding carboxylic acids is 1. The molecule has 0 aromatic heterocycles. The number of nitrogens with one attached hydrogen (secondary N) is 2. The summed E-state index contributed by atoms with van der Waals surface area (Å²) < 4.78 is 137. The topological polar surface area (TPSA) is 41.1 Å². The Bertz CT molecular complexity index is 634. The van der Waals surface area contributed by atoms with Gasteiger partial charge in [-0.15, -0.1) is 0 Å². The monoisotopic (exact) mass is 404 g/mol. The Morgan fingerprint density at radius 1 is 0.769 bits per heavy atom. The molecule has 0 aliphatic heterocycles. The fourth-order valence-electron chi connectivity index (χ4n) is 1.55. The van der Waals surface area contributed by atoms with Gasteiger partial charge in [-0.2, -0.15) is 48.3 Å². The Morgan fingerprint density at radius 3 is 1.58 bits per heavy atom. The minimum atomic E-state index is -6.32. The third-order valence-electron chi connectivity index (χ3n) is 2.77. The molecule has 0 unspecified atom stereocenters. The lowest BCUT2D eigenvalue weighted by Crippen LogP contribution is -2.49. The Hall–Kier alpha value is -2.28. The van der Waals surface area contributed by atoms with Gasteiger partial charge < -0.3 is 10.6 Å². The Balaban J connectivity index is 3.18. The van der Waals surface area contributed by atoms with Gasteiger partial charge in [0.15, 0.2) is 0 Å². The number of amides is 1. The molecule has 0 atom stereocenters. The van der Waals surface area contributed by atoms with Crippen molar-refractivity contribution in [1.29, 1.82) is 0 Å². The molecule has 1 amide bonds. The van der Waals surface area contributed by atoms with E-state index in [1.807, 2.05) is 0 Å². The standard InChI is InChI=1S/C12H7F11N2O/c13-9(14,12(21,22)23)8(26)25-6-4-2-1-3-5(6)24-7(10(15,16)17)11(18,19)20/h1-4,7,24H,(H,25,26). The SMILES string of the molecule is O=C(Nc1ccccc1NC(C(F)(F)F)C(F)(F)F)C(F)(F)C(F)(F)F. The average molecular weight is 404 g/mol. The summed E-state index contributed by atoms with van der Waals surface area (Å²) in [5, 5.41) is 1.89.